The smallest absolute Gasteiger partial charge is 0.227 e. The quantitative estimate of drug-likeness (QED) is 0.728. The van der Waals surface area contributed by atoms with Crippen molar-refractivity contribution in [3.63, 3.8) is 0 Å². The molecule has 4 rings (SSSR count). The van der Waals surface area contributed by atoms with E-state index in [9.17, 15) is 8.78 Å². The molecular weight excluding hydrogens is 376 g/mol. The highest BCUT2D eigenvalue weighted by molar-refractivity contribution is 5.65. The third-order valence-corrected chi connectivity index (χ3v) is 5.28. The highest BCUT2D eigenvalue weighted by Crippen LogP contribution is 2.27. The van der Waals surface area contributed by atoms with Gasteiger partial charge in [-0.05, 0) is 32.2 Å². The third-order valence-electron chi connectivity index (χ3n) is 5.28. The Morgan fingerprint density at radius 1 is 1.00 bits per heavy atom. The van der Waals surface area contributed by atoms with Gasteiger partial charge in [0, 0.05) is 50.2 Å². The molecule has 0 radical (unpaired) electrons. The van der Waals surface area contributed by atoms with E-state index in [0.717, 1.165) is 38.1 Å². The van der Waals surface area contributed by atoms with Gasteiger partial charge in [0.05, 0.1) is 18.1 Å². The van der Waals surface area contributed by atoms with Gasteiger partial charge in [-0.1, -0.05) is 0 Å². The maximum Gasteiger partial charge on any atom is 0.227 e. The van der Waals surface area contributed by atoms with Gasteiger partial charge in [-0.3, -0.25) is 4.68 Å². The van der Waals surface area contributed by atoms with Crippen molar-refractivity contribution < 1.29 is 8.78 Å². The van der Waals surface area contributed by atoms with E-state index in [1.165, 1.54) is 6.07 Å². The zero-order chi connectivity index (χ0) is 20.5. The Hall–Kier alpha value is -3.07. The Morgan fingerprint density at radius 3 is 2.41 bits per heavy atom. The van der Waals surface area contributed by atoms with Gasteiger partial charge in [-0.2, -0.15) is 5.10 Å². The van der Waals surface area contributed by atoms with Crippen LogP contribution in [0.5, 0.6) is 0 Å². The number of rotatable bonds is 4. The fraction of sp³-hybridized carbons (Fsp3) is 0.350. The van der Waals surface area contributed by atoms with E-state index in [-0.39, 0.29) is 17.5 Å². The molecule has 3 heterocycles. The lowest BCUT2D eigenvalue weighted by molar-refractivity contribution is 0.311. The number of nitrogens with zero attached hydrogens (tertiary/aromatic N) is 6. The van der Waals surface area contributed by atoms with Crippen molar-refractivity contribution in [3.05, 3.63) is 47.9 Å². The molecule has 0 unspecified atom stereocenters. The average molecular weight is 399 g/mol. The first-order chi connectivity index (χ1) is 13.9. The van der Waals surface area contributed by atoms with Crippen LogP contribution in [0.15, 0.2) is 30.6 Å². The van der Waals surface area contributed by atoms with E-state index in [2.05, 4.69) is 32.3 Å². The minimum Gasteiger partial charge on any atom is -0.367 e. The first-order valence-corrected chi connectivity index (χ1v) is 9.44. The Morgan fingerprint density at radius 2 is 1.76 bits per heavy atom. The molecule has 0 aliphatic carbocycles. The van der Waals surface area contributed by atoms with Crippen molar-refractivity contribution in [1.29, 1.82) is 0 Å². The molecule has 1 fully saturated rings. The standard InChI is InChI=1S/C20H23F2N7/c1-13-15(11-24-28(13)3)19-17(22)12-23-20(26-19)25-14-4-5-18(16(21)10-14)29-8-6-27(2)7-9-29/h4-5,10-12H,6-9H2,1-3H3,(H,23,25,26). The molecule has 152 valence electrons. The summed E-state index contributed by atoms with van der Waals surface area (Å²) in [6, 6.07) is 4.94. The third kappa shape index (κ3) is 3.91. The van der Waals surface area contributed by atoms with Crippen LogP contribution in [0.4, 0.5) is 26.1 Å². The molecule has 0 atom stereocenters. The number of aryl methyl sites for hydroxylation is 1. The van der Waals surface area contributed by atoms with Crippen LogP contribution in [-0.4, -0.2) is 57.9 Å². The normalized spacial score (nSPS) is 15.0. The predicted octanol–water partition coefficient (Wildman–Crippen LogP) is 2.96. The van der Waals surface area contributed by atoms with E-state index in [1.54, 1.807) is 30.1 Å². The summed E-state index contributed by atoms with van der Waals surface area (Å²) in [5.74, 6) is -0.662. The van der Waals surface area contributed by atoms with Gasteiger partial charge in [0.2, 0.25) is 5.95 Å². The van der Waals surface area contributed by atoms with Crippen LogP contribution < -0.4 is 10.2 Å². The number of hydrogen-bond donors (Lipinski definition) is 1. The van der Waals surface area contributed by atoms with E-state index in [4.69, 9.17) is 0 Å². The summed E-state index contributed by atoms with van der Waals surface area (Å²) in [6.07, 6.45) is 2.67. The van der Waals surface area contributed by atoms with Crippen molar-refractivity contribution in [2.75, 3.05) is 43.4 Å². The van der Waals surface area contributed by atoms with Crippen LogP contribution in [0.2, 0.25) is 0 Å². The second-order valence-corrected chi connectivity index (χ2v) is 7.24. The molecule has 9 heteroatoms. The van der Waals surface area contributed by atoms with E-state index in [0.29, 0.717) is 16.9 Å². The molecule has 1 aromatic carbocycles. The molecule has 7 nitrogen and oxygen atoms in total. The number of likely N-dealkylation sites (N-methyl/N-ethyl adjacent to an activating group) is 1. The highest BCUT2D eigenvalue weighted by atomic mass is 19.1. The molecule has 3 aromatic rings. The van der Waals surface area contributed by atoms with Crippen LogP contribution >= 0.6 is 0 Å². The molecule has 1 aliphatic heterocycles. The Balaban J connectivity index is 1.56. The zero-order valence-electron chi connectivity index (χ0n) is 16.7. The van der Waals surface area contributed by atoms with Crippen LogP contribution in [0, 0.1) is 18.6 Å². The number of nitrogens with one attached hydrogen (secondary N) is 1. The number of anilines is 3. The summed E-state index contributed by atoms with van der Waals surface area (Å²) in [5, 5.41) is 7.09. The minimum absolute atomic E-state index is 0.155. The highest BCUT2D eigenvalue weighted by Gasteiger charge is 2.18. The maximum atomic E-state index is 14.7. The molecule has 29 heavy (non-hydrogen) atoms. The predicted molar refractivity (Wildman–Crippen MR) is 108 cm³/mol. The van der Waals surface area contributed by atoms with Crippen molar-refractivity contribution in [3.8, 4) is 11.3 Å². The Labute approximate surface area is 168 Å². The minimum atomic E-state index is -0.539. The van der Waals surface area contributed by atoms with Gasteiger partial charge in [-0.15, -0.1) is 0 Å². The molecular formula is C20H23F2N7. The second-order valence-electron chi connectivity index (χ2n) is 7.24. The van der Waals surface area contributed by atoms with Crippen LogP contribution in [-0.2, 0) is 7.05 Å². The molecule has 1 N–H and O–H groups in total. The summed E-state index contributed by atoms with van der Waals surface area (Å²) in [7, 11) is 3.84. The van der Waals surface area contributed by atoms with Crippen molar-refractivity contribution in [2.24, 2.45) is 7.05 Å². The number of aromatic nitrogens is 4. The second kappa shape index (κ2) is 7.75. The number of halogens is 2. The SMILES string of the molecule is Cc1c(-c2nc(Nc3ccc(N4CCN(C)CC4)c(F)c3)ncc2F)cnn1C. The maximum absolute atomic E-state index is 14.7. The van der Waals surface area contributed by atoms with Gasteiger partial charge in [0.25, 0.3) is 0 Å². The Bertz CT molecular complexity index is 1030. The fourth-order valence-corrected chi connectivity index (χ4v) is 3.36. The molecule has 1 saturated heterocycles. The topological polar surface area (TPSA) is 62.1 Å². The molecule has 1 aliphatic rings. The van der Waals surface area contributed by atoms with Gasteiger partial charge >= 0.3 is 0 Å². The van der Waals surface area contributed by atoms with E-state index in [1.807, 2.05) is 11.8 Å². The van der Waals surface area contributed by atoms with Gasteiger partial charge in [0.15, 0.2) is 5.82 Å². The summed E-state index contributed by atoms with van der Waals surface area (Å²) >= 11 is 0. The Kier molecular flexibility index (Phi) is 5.14. The van der Waals surface area contributed by atoms with E-state index < -0.39 is 5.82 Å². The fourth-order valence-electron chi connectivity index (χ4n) is 3.36. The molecule has 0 spiro atoms. The lowest BCUT2D eigenvalue weighted by Gasteiger charge is -2.34. The number of benzene rings is 1. The van der Waals surface area contributed by atoms with Crippen molar-refractivity contribution in [1.82, 2.24) is 24.6 Å². The summed E-state index contributed by atoms with van der Waals surface area (Å²) < 4.78 is 30.6. The zero-order valence-corrected chi connectivity index (χ0v) is 16.7. The van der Waals surface area contributed by atoms with Gasteiger partial charge in [0.1, 0.15) is 11.5 Å². The van der Waals surface area contributed by atoms with Crippen molar-refractivity contribution in [2.45, 2.75) is 6.92 Å². The first-order valence-electron chi connectivity index (χ1n) is 9.44. The lowest BCUT2D eigenvalue weighted by Crippen LogP contribution is -2.44. The average Bonchev–Trinajstić information content (AvgIpc) is 3.03. The first kappa shape index (κ1) is 19.3. The van der Waals surface area contributed by atoms with Crippen molar-refractivity contribution >= 4 is 17.3 Å². The van der Waals surface area contributed by atoms with Gasteiger partial charge in [-0.25, -0.2) is 18.7 Å². The lowest BCUT2D eigenvalue weighted by atomic mass is 10.2. The summed E-state index contributed by atoms with van der Waals surface area (Å²) in [4.78, 5) is 12.5. The molecule has 0 saturated carbocycles. The van der Waals surface area contributed by atoms with E-state index >= 15 is 0 Å². The summed E-state index contributed by atoms with van der Waals surface area (Å²) in [6.45, 7) is 5.21. The monoisotopic (exact) mass is 399 g/mol. The largest absolute Gasteiger partial charge is 0.367 e. The number of piperazine rings is 1. The van der Waals surface area contributed by atoms with Gasteiger partial charge < -0.3 is 15.1 Å². The molecule has 0 amide bonds. The van der Waals surface area contributed by atoms with Crippen LogP contribution in [0.1, 0.15) is 5.69 Å². The summed E-state index contributed by atoms with van der Waals surface area (Å²) in [5.41, 5.74) is 2.61. The molecule has 0 bridgehead atoms. The molecule has 2 aromatic heterocycles. The van der Waals surface area contributed by atoms with Crippen LogP contribution in [0.3, 0.4) is 0 Å². The number of hydrogen-bond acceptors (Lipinski definition) is 6. The van der Waals surface area contributed by atoms with Crippen LogP contribution in [0.25, 0.3) is 11.3 Å².